The van der Waals surface area contributed by atoms with E-state index >= 15 is 0 Å². The number of amides is 1. The topological polar surface area (TPSA) is 92.3 Å². The lowest BCUT2D eigenvalue weighted by Crippen LogP contribution is -2.28. The number of thioether (sulfide) groups is 1. The zero-order chi connectivity index (χ0) is 23.5. The maximum absolute atomic E-state index is 11.6. The number of nitrogens with zero attached hydrogens (tertiary/aromatic N) is 4. The zero-order valence-electron chi connectivity index (χ0n) is 19.0. The van der Waals surface area contributed by atoms with Gasteiger partial charge in [0.05, 0.1) is 39.5 Å². The molecule has 3 aromatic heterocycles. The summed E-state index contributed by atoms with van der Waals surface area (Å²) in [6.07, 6.45) is 3.69. The van der Waals surface area contributed by atoms with Gasteiger partial charge in [0.1, 0.15) is 5.82 Å². The lowest BCUT2D eigenvalue weighted by atomic mass is 10.1. The number of ether oxygens (including phenoxy) is 1. The first kappa shape index (κ1) is 23.3. The minimum absolute atomic E-state index is 0.0112. The monoisotopic (exact) mass is 498 g/mol. The number of aromatic nitrogens is 3. The zero-order valence-corrected chi connectivity index (χ0v) is 20.6. The summed E-state index contributed by atoms with van der Waals surface area (Å²) in [7, 11) is 1.61. The lowest BCUT2D eigenvalue weighted by molar-refractivity contribution is -0.113. The second-order valence-corrected chi connectivity index (χ2v) is 10.1. The Labute approximate surface area is 207 Å². The van der Waals surface area contributed by atoms with Crippen LogP contribution in [0.25, 0.3) is 11.0 Å². The van der Waals surface area contributed by atoms with E-state index in [0.717, 1.165) is 66.2 Å². The lowest BCUT2D eigenvalue weighted by Gasteiger charge is -2.18. The predicted molar refractivity (Wildman–Crippen MR) is 135 cm³/mol. The van der Waals surface area contributed by atoms with Crippen LogP contribution >= 0.6 is 23.4 Å². The summed E-state index contributed by atoms with van der Waals surface area (Å²) in [5.41, 5.74) is 3.61. The van der Waals surface area contributed by atoms with Crippen LogP contribution in [0.1, 0.15) is 17.7 Å². The first-order valence-corrected chi connectivity index (χ1v) is 12.8. The highest BCUT2D eigenvalue weighted by Gasteiger charge is 2.23. The van der Waals surface area contributed by atoms with E-state index in [0.29, 0.717) is 34.9 Å². The summed E-state index contributed by atoms with van der Waals surface area (Å²) in [4.78, 5) is 28.7. The smallest absolute Gasteiger partial charge is 0.235 e. The number of hydrogen-bond acceptors (Lipinski definition) is 8. The Morgan fingerprint density at radius 2 is 2.21 bits per heavy atom. The summed E-state index contributed by atoms with van der Waals surface area (Å²) in [5.74, 6) is 2.31. The summed E-state index contributed by atoms with van der Waals surface area (Å²) >= 11 is 8.02. The summed E-state index contributed by atoms with van der Waals surface area (Å²) in [6.45, 7) is 4.68. The maximum atomic E-state index is 11.6. The Kier molecular flexibility index (Phi) is 7.15. The number of hydrogen-bond donors (Lipinski definition) is 2. The van der Waals surface area contributed by atoms with Gasteiger partial charge in [0.25, 0.3) is 0 Å². The van der Waals surface area contributed by atoms with Crippen molar-refractivity contribution in [1.29, 1.82) is 0 Å². The molecule has 0 aliphatic carbocycles. The van der Waals surface area contributed by atoms with Gasteiger partial charge in [-0.2, -0.15) is 0 Å². The third-order valence-corrected chi connectivity index (χ3v) is 7.64. The fourth-order valence-electron chi connectivity index (χ4n) is 4.49. The molecule has 5 heterocycles. The van der Waals surface area contributed by atoms with E-state index in [2.05, 4.69) is 30.5 Å². The molecule has 3 aromatic rings. The number of anilines is 1. The normalized spacial score (nSPS) is 18.2. The van der Waals surface area contributed by atoms with Crippen LogP contribution in [0.15, 0.2) is 35.4 Å². The van der Waals surface area contributed by atoms with Gasteiger partial charge in [0, 0.05) is 37.5 Å². The second-order valence-electron chi connectivity index (χ2n) is 8.63. The molecule has 0 saturated carbocycles. The van der Waals surface area contributed by atoms with Crippen LogP contribution in [0, 0.1) is 5.92 Å². The minimum Gasteiger partial charge on any atom is -0.481 e. The van der Waals surface area contributed by atoms with E-state index in [9.17, 15) is 4.79 Å². The van der Waals surface area contributed by atoms with Crippen molar-refractivity contribution in [2.45, 2.75) is 24.3 Å². The molecule has 8 nitrogen and oxygen atoms in total. The summed E-state index contributed by atoms with van der Waals surface area (Å²) < 4.78 is 5.29. The van der Waals surface area contributed by atoms with Crippen LogP contribution in [0.5, 0.6) is 5.88 Å². The van der Waals surface area contributed by atoms with Crippen LogP contribution in [-0.2, 0) is 17.8 Å². The van der Waals surface area contributed by atoms with Gasteiger partial charge < -0.3 is 20.3 Å². The van der Waals surface area contributed by atoms with Crippen molar-refractivity contribution in [3.63, 3.8) is 0 Å². The highest BCUT2D eigenvalue weighted by atomic mass is 35.5. The molecule has 0 radical (unpaired) electrons. The number of carbonyl (C=O) groups is 1. The van der Waals surface area contributed by atoms with Crippen molar-refractivity contribution in [1.82, 2.24) is 25.2 Å². The SMILES string of the molecule is COc1ccc2ncc(Cl)c(CCN3CC[C@@H](CNCc4ccc5c(n4)NC(=O)CS5)C3)c2n1. The molecule has 0 aromatic carbocycles. The van der Waals surface area contributed by atoms with Crippen molar-refractivity contribution >= 4 is 46.1 Å². The molecule has 2 aliphatic heterocycles. The van der Waals surface area contributed by atoms with Crippen molar-refractivity contribution in [3.8, 4) is 5.88 Å². The number of nitrogens with one attached hydrogen (secondary N) is 2. The van der Waals surface area contributed by atoms with Gasteiger partial charge >= 0.3 is 0 Å². The molecule has 1 atom stereocenters. The van der Waals surface area contributed by atoms with Crippen molar-refractivity contribution < 1.29 is 9.53 Å². The van der Waals surface area contributed by atoms with Gasteiger partial charge in [-0.05, 0) is 50.0 Å². The number of carbonyl (C=O) groups excluding carboxylic acids is 1. The molecular formula is C24H27ClN6O2S. The van der Waals surface area contributed by atoms with Gasteiger partial charge in [0.2, 0.25) is 11.8 Å². The number of fused-ring (bicyclic) bond motifs is 2. The summed E-state index contributed by atoms with van der Waals surface area (Å²) in [6, 6.07) is 7.81. The Bertz CT molecular complexity index is 1210. The second kappa shape index (κ2) is 10.4. The van der Waals surface area contributed by atoms with E-state index < -0.39 is 0 Å². The Morgan fingerprint density at radius 3 is 3.09 bits per heavy atom. The molecule has 34 heavy (non-hydrogen) atoms. The van der Waals surface area contributed by atoms with Gasteiger partial charge in [-0.1, -0.05) is 11.6 Å². The molecular weight excluding hydrogens is 472 g/mol. The molecule has 10 heteroatoms. The molecule has 0 bridgehead atoms. The largest absolute Gasteiger partial charge is 0.481 e. The van der Waals surface area contributed by atoms with Gasteiger partial charge in [-0.25, -0.2) is 9.97 Å². The summed E-state index contributed by atoms with van der Waals surface area (Å²) in [5, 5.41) is 7.05. The molecule has 1 amide bonds. The minimum atomic E-state index is 0.0112. The average molecular weight is 499 g/mol. The third kappa shape index (κ3) is 5.27. The van der Waals surface area contributed by atoms with Gasteiger partial charge in [-0.3, -0.25) is 9.78 Å². The van der Waals surface area contributed by atoms with Crippen LogP contribution in [0.2, 0.25) is 5.02 Å². The first-order chi connectivity index (χ1) is 16.6. The molecule has 1 saturated heterocycles. The van der Waals surface area contributed by atoms with Crippen LogP contribution in [-0.4, -0.2) is 64.8 Å². The molecule has 0 spiro atoms. The third-order valence-electron chi connectivity index (χ3n) is 6.27. The highest BCUT2D eigenvalue weighted by molar-refractivity contribution is 8.00. The van der Waals surface area contributed by atoms with E-state index in [1.807, 2.05) is 24.3 Å². The van der Waals surface area contributed by atoms with Crippen molar-refractivity contribution in [3.05, 3.63) is 46.7 Å². The fourth-order valence-corrected chi connectivity index (χ4v) is 5.48. The average Bonchev–Trinajstić information content (AvgIpc) is 3.30. The Hall–Kier alpha value is -2.46. The Balaban J connectivity index is 1.12. The van der Waals surface area contributed by atoms with Crippen LogP contribution in [0.3, 0.4) is 0 Å². The molecule has 2 N–H and O–H groups in total. The maximum Gasteiger partial charge on any atom is 0.235 e. The standard InChI is InChI=1S/C24H27ClN6O2S/c1-33-22-5-3-19-23(30-22)17(18(25)12-27-19)7-9-31-8-6-15(13-31)10-26-11-16-2-4-20-24(28-16)29-21(32)14-34-20/h2-5,12,15,26H,6-11,13-14H2,1H3,(H,28,29,32)/t15-/m0/s1. The van der Waals surface area contributed by atoms with E-state index in [1.165, 1.54) is 11.8 Å². The van der Waals surface area contributed by atoms with E-state index in [4.69, 9.17) is 16.3 Å². The Morgan fingerprint density at radius 1 is 1.29 bits per heavy atom. The quantitative estimate of drug-likeness (QED) is 0.488. The predicted octanol–water partition coefficient (Wildman–Crippen LogP) is 3.39. The van der Waals surface area contributed by atoms with Gasteiger partial charge in [-0.15, -0.1) is 11.8 Å². The molecule has 0 unspecified atom stereocenters. The molecule has 178 valence electrons. The van der Waals surface area contributed by atoms with E-state index in [1.54, 1.807) is 13.3 Å². The molecule has 2 aliphatic rings. The fraction of sp³-hybridized carbons (Fsp3) is 0.417. The number of rotatable bonds is 8. The number of halogens is 1. The number of methoxy groups -OCH3 is 1. The van der Waals surface area contributed by atoms with Crippen LogP contribution in [0.4, 0.5) is 5.82 Å². The van der Waals surface area contributed by atoms with Crippen LogP contribution < -0.4 is 15.4 Å². The first-order valence-electron chi connectivity index (χ1n) is 11.4. The number of likely N-dealkylation sites (tertiary alicyclic amines) is 1. The highest BCUT2D eigenvalue weighted by Crippen LogP contribution is 2.30. The van der Waals surface area contributed by atoms with E-state index in [-0.39, 0.29) is 5.91 Å². The number of pyridine rings is 3. The van der Waals surface area contributed by atoms with Gasteiger partial charge in [0.15, 0.2) is 0 Å². The van der Waals surface area contributed by atoms with Crippen molar-refractivity contribution in [2.24, 2.45) is 5.92 Å². The molecule has 1 fully saturated rings. The molecule has 5 rings (SSSR count). The van der Waals surface area contributed by atoms with Crippen molar-refractivity contribution in [2.75, 3.05) is 44.4 Å².